The molecule has 0 bridgehead atoms. The molecule has 2 amide bonds. The molecule has 0 aliphatic carbocycles. The fraction of sp³-hybridized carbons (Fsp3) is 0.0556. The van der Waals surface area contributed by atoms with Crippen molar-refractivity contribution in [2.75, 3.05) is 6.54 Å². The summed E-state index contributed by atoms with van der Waals surface area (Å²) >= 11 is 3.07. The van der Waals surface area contributed by atoms with Crippen LogP contribution < -0.4 is 5.11 Å². The van der Waals surface area contributed by atoms with Gasteiger partial charge in [-0.25, -0.2) is 4.39 Å². The second-order valence-corrected chi connectivity index (χ2v) is 6.20. The molecular formula is C18H10BrFNO4-. The van der Waals surface area contributed by atoms with Gasteiger partial charge in [0.15, 0.2) is 0 Å². The SMILES string of the molecule is O=C([O-])CN1C(=O)/C(=C\c2ccc(F)c(Br)c2)c2ccccc2C1=O. The van der Waals surface area contributed by atoms with E-state index in [0.29, 0.717) is 16.0 Å². The van der Waals surface area contributed by atoms with E-state index in [9.17, 15) is 23.9 Å². The Labute approximate surface area is 150 Å². The van der Waals surface area contributed by atoms with Crippen molar-refractivity contribution in [3.05, 3.63) is 69.4 Å². The van der Waals surface area contributed by atoms with Gasteiger partial charge in [-0.3, -0.25) is 14.5 Å². The summed E-state index contributed by atoms with van der Waals surface area (Å²) in [5.41, 5.74) is 1.28. The topological polar surface area (TPSA) is 77.5 Å². The number of carbonyl (C=O) groups is 3. The quantitative estimate of drug-likeness (QED) is 0.579. The first-order valence-corrected chi connectivity index (χ1v) is 8.00. The number of imide groups is 1. The zero-order chi connectivity index (χ0) is 18.1. The number of fused-ring (bicyclic) bond motifs is 1. The van der Waals surface area contributed by atoms with E-state index in [4.69, 9.17) is 0 Å². The maximum Gasteiger partial charge on any atom is 0.261 e. The van der Waals surface area contributed by atoms with E-state index in [2.05, 4.69) is 15.9 Å². The van der Waals surface area contributed by atoms with E-state index in [1.807, 2.05) is 0 Å². The molecule has 7 heteroatoms. The van der Waals surface area contributed by atoms with Crippen LogP contribution in [0.3, 0.4) is 0 Å². The van der Waals surface area contributed by atoms with Gasteiger partial charge in [0.25, 0.3) is 11.8 Å². The summed E-state index contributed by atoms with van der Waals surface area (Å²) in [6.07, 6.45) is 1.49. The van der Waals surface area contributed by atoms with Crippen LogP contribution in [-0.2, 0) is 9.59 Å². The van der Waals surface area contributed by atoms with Gasteiger partial charge in [0.1, 0.15) is 5.82 Å². The fourth-order valence-electron chi connectivity index (χ4n) is 2.58. The Bertz CT molecular complexity index is 938. The van der Waals surface area contributed by atoms with Gasteiger partial charge in [-0.05, 0) is 51.3 Å². The van der Waals surface area contributed by atoms with Gasteiger partial charge in [0, 0.05) is 11.1 Å². The first-order chi connectivity index (χ1) is 11.9. The molecule has 2 aromatic carbocycles. The third kappa shape index (κ3) is 3.23. The number of hydrogen-bond acceptors (Lipinski definition) is 4. The Kier molecular flexibility index (Phi) is 4.50. The van der Waals surface area contributed by atoms with Crippen LogP contribution in [0.5, 0.6) is 0 Å². The zero-order valence-corrected chi connectivity index (χ0v) is 14.2. The summed E-state index contributed by atoms with van der Waals surface area (Å²) in [7, 11) is 0. The first kappa shape index (κ1) is 17.0. The molecule has 0 unspecified atom stereocenters. The lowest BCUT2D eigenvalue weighted by atomic mass is 9.92. The third-order valence-corrected chi connectivity index (χ3v) is 4.32. The van der Waals surface area contributed by atoms with Crippen LogP contribution in [-0.4, -0.2) is 29.2 Å². The smallest absolute Gasteiger partial charge is 0.261 e. The number of rotatable bonds is 3. The number of carbonyl (C=O) groups excluding carboxylic acids is 3. The lowest BCUT2D eigenvalue weighted by Gasteiger charge is -2.28. The second kappa shape index (κ2) is 6.60. The van der Waals surface area contributed by atoms with Crippen LogP contribution in [0.2, 0.25) is 0 Å². The molecule has 0 saturated heterocycles. The number of benzene rings is 2. The third-order valence-electron chi connectivity index (χ3n) is 3.71. The predicted molar refractivity (Wildman–Crippen MR) is 89.5 cm³/mol. The Hall–Kier alpha value is -2.80. The summed E-state index contributed by atoms with van der Waals surface area (Å²) in [5.74, 6) is -3.42. The van der Waals surface area contributed by atoms with E-state index >= 15 is 0 Å². The Morgan fingerprint density at radius 3 is 2.44 bits per heavy atom. The molecule has 1 aliphatic rings. The average molecular weight is 403 g/mol. The number of aliphatic carboxylic acids is 1. The Morgan fingerprint density at radius 2 is 1.80 bits per heavy atom. The monoisotopic (exact) mass is 402 g/mol. The lowest BCUT2D eigenvalue weighted by Crippen LogP contribution is -2.47. The van der Waals surface area contributed by atoms with Crippen molar-refractivity contribution in [3.63, 3.8) is 0 Å². The van der Waals surface area contributed by atoms with Gasteiger partial charge < -0.3 is 9.90 Å². The van der Waals surface area contributed by atoms with Gasteiger partial charge >= 0.3 is 0 Å². The predicted octanol–water partition coefficient (Wildman–Crippen LogP) is 1.86. The van der Waals surface area contributed by atoms with Gasteiger partial charge in [0.2, 0.25) is 0 Å². The molecule has 0 fully saturated rings. The van der Waals surface area contributed by atoms with Crippen LogP contribution in [0, 0.1) is 5.82 Å². The van der Waals surface area contributed by atoms with Crippen molar-refractivity contribution in [2.24, 2.45) is 0 Å². The minimum absolute atomic E-state index is 0.148. The van der Waals surface area contributed by atoms with Crippen LogP contribution >= 0.6 is 15.9 Å². The maximum atomic E-state index is 13.4. The van der Waals surface area contributed by atoms with Crippen molar-refractivity contribution < 1.29 is 23.9 Å². The number of amides is 2. The van der Waals surface area contributed by atoms with E-state index in [-0.39, 0.29) is 15.6 Å². The molecule has 1 heterocycles. The van der Waals surface area contributed by atoms with Gasteiger partial charge in [-0.1, -0.05) is 24.3 Å². The molecule has 0 N–H and O–H groups in total. The molecule has 0 aromatic heterocycles. The molecule has 3 rings (SSSR count). The normalized spacial score (nSPS) is 15.4. The largest absolute Gasteiger partial charge is 0.548 e. The Balaban J connectivity index is 2.16. The van der Waals surface area contributed by atoms with Crippen molar-refractivity contribution in [1.29, 1.82) is 0 Å². The molecule has 5 nitrogen and oxygen atoms in total. The summed E-state index contributed by atoms with van der Waals surface area (Å²) in [6, 6.07) is 10.6. The molecule has 2 aromatic rings. The van der Waals surface area contributed by atoms with Crippen LogP contribution in [0.25, 0.3) is 11.6 Å². The highest BCUT2D eigenvalue weighted by atomic mass is 79.9. The van der Waals surface area contributed by atoms with Gasteiger partial charge in [-0.15, -0.1) is 0 Å². The number of halogens is 2. The van der Waals surface area contributed by atoms with Gasteiger partial charge in [0.05, 0.1) is 17.0 Å². The van der Waals surface area contributed by atoms with E-state index < -0.39 is 30.1 Å². The first-order valence-electron chi connectivity index (χ1n) is 7.20. The van der Waals surface area contributed by atoms with Crippen molar-refractivity contribution in [2.45, 2.75) is 0 Å². The fourth-order valence-corrected chi connectivity index (χ4v) is 2.98. The highest BCUT2D eigenvalue weighted by Crippen LogP contribution is 2.30. The summed E-state index contributed by atoms with van der Waals surface area (Å²) in [4.78, 5) is 36.6. The Morgan fingerprint density at radius 1 is 1.12 bits per heavy atom. The van der Waals surface area contributed by atoms with Crippen LogP contribution in [0.15, 0.2) is 46.9 Å². The summed E-state index contributed by atoms with van der Waals surface area (Å²) in [5, 5.41) is 10.9. The van der Waals surface area contributed by atoms with Gasteiger partial charge in [-0.2, -0.15) is 0 Å². The highest BCUT2D eigenvalue weighted by molar-refractivity contribution is 9.10. The number of nitrogens with zero attached hydrogens (tertiary/aromatic N) is 1. The zero-order valence-electron chi connectivity index (χ0n) is 12.7. The van der Waals surface area contributed by atoms with Crippen molar-refractivity contribution in [1.82, 2.24) is 4.90 Å². The summed E-state index contributed by atoms with van der Waals surface area (Å²) < 4.78 is 13.6. The van der Waals surface area contributed by atoms with Crippen LogP contribution in [0.1, 0.15) is 21.5 Å². The average Bonchev–Trinajstić information content (AvgIpc) is 2.58. The highest BCUT2D eigenvalue weighted by Gasteiger charge is 2.34. The van der Waals surface area contributed by atoms with E-state index in [1.54, 1.807) is 18.2 Å². The maximum absolute atomic E-state index is 13.4. The minimum Gasteiger partial charge on any atom is -0.548 e. The molecule has 0 radical (unpaired) electrons. The lowest BCUT2D eigenvalue weighted by molar-refractivity contribution is -0.305. The molecule has 0 spiro atoms. The van der Waals surface area contributed by atoms with E-state index in [0.717, 1.165) is 0 Å². The molecule has 0 saturated carbocycles. The molecule has 126 valence electrons. The molecular weight excluding hydrogens is 393 g/mol. The molecule has 0 atom stereocenters. The minimum atomic E-state index is -1.54. The number of carboxylic acid groups (broad SMARTS) is 1. The number of carboxylic acids is 1. The number of hydrogen-bond donors (Lipinski definition) is 0. The second-order valence-electron chi connectivity index (χ2n) is 5.35. The molecule has 25 heavy (non-hydrogen) atoms. The van der Waals surface area contributed by atoms with Crippen LogP contribution in [0.4, 0.5) is 4.39 Å². The molecule has 1 aliphatic heterocycles. The van der Waals surface area contributed by atoms with Crippen molar-refractivity contribution in [3.8, 4) is 0 Å². The standard InChI is InChI=1S/C18H11BrFNO4/c19-14-8-10(5-6-15(14)20)7-13-11-3-1-2-4-12(11)17(24)21(18(13)25)9-16(22)23/h1-8H,9H2,(H,22,23)/p-1/b13-7-. The van der Waals surface area contributed by atoms with Crippen molar-refractivity contribution >= 4 is 45.4 Å². The van der Waals surface area contributed by atoms with E-state index in [1.165, 1.54) is 30.3 Å². The summed E-state index contributed by atoms with van der Waals surface area (Å²) in [6.45, 7) is -0.837.